The highest BCUT2D eigenvalue weighted by atomic mass is 16.8. The van der Waals surface area contributed by atoms with Gasteiger partial charge in [0.15, 0.2) is 37.2 Å². The maximum absolute atomic E-state index is 13.6. The van der Waals surface area contributed by atoms with E-state index < -0.39 is 200 Å². The second kappa shape index (κ2) is 27.0. The van der Waals surface area contributed by atoms with E-state index in [4.69, 9.17) is 66.3 Å². The van der Waals surface area contributed by atoms with Crippen LogP contribution in [0.2, 0.25) is 0 Å². The number of aliphatic hydroxyl groups is 10. The van der Waals surface area contributed by atoms with Gasteiger partial charge in [0.1, 0.15) is 90.1 Å². The average Bonchev–Trinajstić information content (AvgIpc) is 1.61. The molecule has 10 N–H and O–H groups in total. The van der Waals surface area contributed by atoms with E-state index in [-0.39, 0.29) is 50.5 Å². The van der Waals surface area contributed by atoms with Gasteiger partial charge in [-0.15, -0.1) is 0 Å². The first-order chi connectivity index (χ1) is 41.0. The maximum Gasteiger partial charge on any atom is 0.330 e. The molecule has 9 aliphatic rings. The zero-order valence-corrected chi connectivity index (χ0v) is 52.2. The summed E-state index contributed by atoms with van der Waals surface area (Å²) in [6, 6.07) is 0. The van der Waals surface area contributed by atoms with Gasteiger partial charge in [-0.05, 0) is 97.8 Å². The lowest BCUT2D eigenvalue weighted by Gasteiger charge is -2.67. The second-order valence-electron chi connectivity index (χ2n) is 26.7. The molecule has 0 amide bonds. The van der Waals surface area contributed by atoms with Crippen molar-refractivity contribution >= 4 is 11.8 Å². The standard InChI is InChI=1S/C61H98O26/c1-27(2)28(3)19-42(65)83-41-24-40-57(8)15-14-34(20-33(57)13-16-60(40,72)61(73)18-17-59(71,32(7)64)58(41,61)9)80-43-21-35(74-10)51(29(4)77-43)84-44-22-36(75-11)52(30(5)78-44)85-45-23-37(76-12)53(31(6)79-45)86-56-50(70)48(68)54(39(26-63)82-56)87-55-49(69)47(67)46(66)38(25-62)81-55/h13,19,27,29-31,34-41,43-56,62-63,66-73H,14-18,20-26H2,1-12H3/b28-19+/t29-,30-,31-,34+,35+,36+,37-,38-,39-,40-,41-,43+,44+,45+,46-,47+,48-,49-,50-,51-,52-,53-,54-,55+,56+,57+,58-,59-,60+,61-/m1/s1. The summed E-state index contributed by atoms with van der Waals surface area (Å²) in [7, 11) is 4.64. The summed E-state index contributed by atoms with van der Waals surface area (Å²) in [5.74, 6) is -1.72. The largest absolute Gasteiger partial charge is 0.458 e. The Balaban J connectivity index is 0.784. The van der Waals surface area contributed by atoms with Gasteiger partial charge in [0.25, 0.3) is 0 Å². The Bertz CT molecular complexity index is 2430. The molecule has 5 heterocycles. The van der Waals surface area contributed by atoms with Gasteiger partial charge >= 0.3 is 5.97 Å². The number of hydrogen-bond donors (Lipinski definition) is 10. The molecule has 498 valence electrons. The van der Waals surface area contributed by atoms with Gasteiger partial charge < -0.3 is 117 Å². The summed E-state index contributed by atoms with van der Waals surface area (Å²) in [5, 5.41) is 111. The predicted octanol–water partition coefficient (Wildman–Crippen LogP) is 0.238. The lowest BCUT2D eigenvalue weighted by Crippen LogP contribution is -2.78. The molecular formula is C61H98O26. The van der Waals surface area contributed by atoms with Gasteiger partial charge in [0, 0.05) is 52.6 Å². The molecular weight excluding hydrogens is 1150 g/mol. The van der Waals surface area contributed by atoms with Gasteiger partial charge in [-0.2, -0.15) is 0 Å². The van der Waals surface area contributed by atoms with Crippen LogP contribution in [0.5, 0.6) is 0 Å². The van der Waals surface area contributed by atoms with Gasteiger partial charge in [-0.25, -0.2) is 4.79 Å². The first-order valence-electron chi connectivity index (χ1n) is 31.0. The lowest BCUT2D eigenvalue weighted by atomic mass is 9.42. The molecule has 5 aliphatic heterocycles. The fourth-order valence-electron chi connectivity index (χ4n) is 15.9. The summed E-state index contributed by atoms with van der Waals surface area (Å²) in [5.41, 5.74) is -6.33. The molecule has 8 fully saturated rings. The topological polar surface area (TPSA) is 366 Å². The van der Waals surface area contributed by atoms with E-state index >= 15 is 0 Å². The third-order valence-electron chi connectivity index (χ3n) is 21.6. The highest BCUT2D eigenvalue weighted by Crippen LogP contribution is 2.71. The number of ether oxygens (including phenoxy) is 14. The molecule has 0 bridgehead atoms. The number of fused-ring (bicyclic) bond motifs is 5. The smallest absolute Gasteiger partial charge is 0.330 e. The van der Waals surface area contributed by atoms with Crippen molar-refractivity contribution < 1.29 is 127 Å². The van der Waals surface area contributed by atoms with Gasteiger partial charge in [0.05, 0.1) is 61.4 Å². The molecule has 5 saturated heterocycles. The monoisotopic (exact) mass is 1250 g/mol. The minimum absolute atomic E-state index is 0.0622. The Kier molecular flexibility index (Phi) is 21.4. The van der Waals surface area contributed by atoms with E-state index in [1.165, 1.54) is 20.1 Å². The molecule has 87 heavy (non-hydrogen) atoms. The normalized spacial score (nSPS) is 50.4. The van der Waals surface area contributed by atoms with Crippen molar-refractivity contribution in [1.29, 1.82) is 0 Å². The van der Waals surface area contributed by atoms with Crippen molar-refractivity contribution in [3.8, 4) is 0 Å². The average molecular weight is 1250 g/mol. The van der Waals surface area contributed by atoms with Crippen molar-refractivity contribution in [1.82, 2.24) is 0 Å². The van der Waals surface area contributed by atoms with Crippen LogP contribution in [-0.2, 0) is 75.9 Å². The van der Waals surface area contributed by atoms with Gasteiger partial charge in [-0.3, -0.25) is 4.79 Å². The lowest BCUT2D eigenvalue weighted by molar-refractivity contribution is -0.376. The SMILES string of the molecule is CO[C@H]1C[C@H](O[C@H]2CC[C@@]3(C)C(=CC[C@]4(O)[C@@H]3C[C@@H](OC(=O)/C=C(\C)C(C)C)[C@@]3(C)[C@]4(O)CC[C@@]3(O)C(C)=O)C2)O[C@H](C)[C@H]1O[C@H]1C[C@H](OC)[C@H](O[C@H]2C[C@@H](OC)[C@H](O[C@@H]3O[C@H](CO)[C@@H](O[C@@H]4O[C@H](CO)[C@@H](O)[C@H](O)[C@H]4O)[C@H](O)[C@H]3O)[C@@H](C)O2)[C@@H](C)O1. The third-order valence-corrected chi connectivity index (χ3v) is 21.6. The second-order valence-corrected chi connectivity index (χ2v) is 26.7. The van der Waals surface area contributed by atoms with E-state index in [2.05, 4.69) is 6.92 Å². The summed E-state index contributed by atoms with van der Waals surface area (Å²) >= 11 is 0. The van der Waals surface area contributed by atoms with Crippen LogP contribution in [0.1, 0.15) is 127 Å². The number of carbonyl (C=O) groups excluding carboxylic acids is 2. The van der Waals surface area contributed by atoms with Crippen LogP contribution in [-0.4, -0.2) is 262 Å². The number of hydrogen-bond acceptors (Lipinski definition) is 26. The van der Waals surface area contributed by atoms with Gasteiger partial charge in [-0.1, -0.05) is 38.0 Å². The summed E-state index contributed by atoms with van der Waals surface area (Å²) < 4.78 is 86.7. The van der Waals surface area contributed by atoms with E-state index in [0.717, 1.165) is 11.1 Å². The number of ketones is 1. The molecule has 0 aromatic heterocycles. The number of methoxy groups -OCH3 is 3. The van der Waals surface area contributed by atoms with E-state index in [0.29, 0.717) is 25.7 Å². The highest BCUT2D eigenvalue weighted by molar-refractivity contribution is 5.87. The molecule has 9 rings (SSSR count). The molecule has 3 saturated carbocycles. The van der Waals surface area contributed by atoms with Gasteiger partial charge in [0.2, 0.25) is 0 Å². The molecule has 0 aromatic carbocycles. The van der Waals surface area contributed by atoms with Crippen LogP contribution in [0, 0.1) is 22.7 Å². The number of esters is 1. The maximum atomic E-state index is 13.6. The van der Waals surface area contributed by atoms with E-state index in [1.54, 1.807) is 28.1 Å². The fraction of sp³-hybridized carbons (Fsp3) is 0.902. The van der Waals surface area contributed by atoms with Crippen molar-refractivity contribution in [3.05, 3.63) is 23.3 Å². The van der Waals surface area contributed by atoms with E-state index in [1.807, 2.05) is 40.7 Å². The van der Waals surface area contributed by atoms with Crippen molar-refractivity contribution in [2.45, 2.75) is 291 Å². The summed E-state index contributed by atoms with van der Waals surface area (Å²) in [6.45, 7) is 14.6. The Morgan fingerprint density at radius 2 is 1.13 bits per heavy atom. The Morgan fingerprint density at radius 3 is 1.63 bits per heavy atom. The Morgan fingerprint density at radius 1 is 0.632 bits per heavy atom. The summed E-state index contributed by atoms with van der Waals surface area (Å²) in [6.07, 6.45) is -19.8. The zero-order chi connectivity index (χ0) is 63.6. The fourth-order valence-corrected chi connectivity index (χ4v) is 15.9. The van der Waals surface area contributed by atoms with E-state index in [9.17, 15) is 60.7 Å². The number of rotatable bonds is 19. The van der Waals surface area contributed by atoms with Crippen LogP contribution in [0.3, 0.4) is 0 Å². The molecule has 30 atom stereocenters. The number of Topliss-reactive ketones (excluding diaryl/α,β-unsaturated/α-hetero) is 1. The molecule has 0 spiro atoms. The first kappa shape index (κ1) is 69.1. The molecule has 0 radical (unpaired) electrons. The minimum Gasteiger partial charge on any atom is -0.458 e. The molecule has 4 aliphatic carbocycles. The van der Waals surface area contributed by atoms with Crippen LogP contribution in [0.4, 0.5) is 0 Å². The van der Waals surface area contributed by atoms with Crippen molar-refractivity contribution in [2.75, 3.05) is 34.5 Å². The predicted molar refractivity (Wildman–Crippen MR) is 299 cm³/mol. The highest BCUT2D eigenvalue weighted by Gasteiger charge is 2.81. The zero-order valence-electron chi connectivity index (χ0n) is 52.2. The Hall–Kier alpha value is -2.30. The Labute approximate surface area is 508 Å². The number of aliphatic hydroxyl groups excluding tert-OH is 7. The first-order valence-corrected chi connectivity index (χ1v) is 31.0. The van der Waals surface area contributed by atoms with Crippen molar-refractivity contribution in [2.24, 2.45) is 22.7 Å². The number of carbonyl (C=O) groups is 2. The quantitative estimate of drug-likeness (QED) is 0.0470. The van der Waals surface area contributed by atoms with Crippen LogP contribution in [0.25, 0.3) is 0 Å². The number of allylic oxidation sites excluding steroid dienone is 1. The minimum atomic E-state index is -2.05. The summed E-state index contributed by atoms with van der Waals surface area (Å²) in [4.78, 5) is 26.9. The molecule has 0 aromatic rings. The molecule has 0 unspecified atom stereocenters. The van der Waals surface area contributed by atoms with Crippen LogP contribution >= 0.6 is 0 Å². The molecule has 26 heteroatoms. The third kappa shape index (κ3) is 12.5. The van der Waals surface area contributed by atoms with Crippen molar-refractivity contribution in [3.63, 3.8) is 0 Å². The van der Waals surface area contributed by atoms with Crippen LogP contribution in [0.15, 0.2) is 23.3 Å². The van der Waals surface area contributed by atoms with Crippen LogP contribution < -0.4 is 0 Å². The molecule has 26 nitrogen and oxygen atoms in total.